The molecule has 0 atom stereocenters. The number of rotatable bonds is 3. The molecule has 21 heavy (non-hydrogen) atoms. The molecule has 0 saturated carbocycles. The topological polar surface area (TPSA) is 63.9 Å². The summed E-state index contributed by atoms with van der Waals surface area (Å²) in [5.74, 6) is 1.20. The summed E-state index contributed by atoms with van der Waals surface area (Å²) in [5.41, 5.74) is 0.00784. The van der Waals surface area contributed by atoms with Crippen LogP contribution in [0.4, 0.5) is 5.95 Å². The molecule has 0 aliphatic carbocycles. The molecular formula is C14H16ClN5O. The van der Waals surface area contributed by atoms with Gasteiger partial charge in [0, 0.05) is 31.9 Å². The fourth-order valence-corrected chi connectivity index (χ4v) is 2.68. The van der Waals surface area contributed by atoms with Gasteiger partial charge in [0.15, 0.2) is 0 Å². The average Bonchev–Trinajstić information content (AvgIpc) is 2.51. The predicted octanol–water partition coefficient (Wildman–Crippen LogP) is 1.60. The summed E-state index contributed by atoms with van der Waals surface area (Å²) in [4.78, 5) is 26.3. The first-order chi connectivity index (χ1) is 10.2. The second-order valence-corrected chi connectivity index (χ2v) is 5.64. The molecule has 0 radical (unpaired) electrons. The van der Waals surface area contributed by atoms with Crippen LogP contribution in [0.1, 0.15) is 12.8 Å². The van der Waals surface area contributed by atoms with E-state index in [9.17, 15) is 4.79 Å². The lowest BCUT2D eigenvalue weighted by atomic mass is 9.97. The number of hydrogen-bond acceptors (Lipinski definition) is 5. The Morgan fingerprint density at radius 1 is 1.24 bits per heavy atom. The van der Waals surface area contributed by atoms with E-state index in [-0.39, 0.29) is 5.56 Å². The molecule has 110 valence electrons. The molecular weight excluding hydrogens is 290 g/mol. The highest BCUT2D eigenvalue weighted by atomic mass is 35.5. The van der Waals surface area contributed by atoms with Gasteiger partial charge < -0.3 is 4.90 Å². The molecule has 6 nitrogen and oxygen atoms in total. The highest BCUT2D eigenvalue weighted by Crippen LogP contribution is 2.21. The molecule has 1 saturated heterocycles. The largest absolute Gasteiger partial charge is 0.341 e. The van der Waals surface area contributed by atoms with Crippen LogP contribution in [0.25, 0.3) is 0 Å². The monoisotopic (exact) mass is 305 g/mol. The molecule has 1 aliphatic rings. The van der Waals surface area contributed by atoms with Crippen LogP contribution in [-0.4, -0.2) is 32.6 Å². The maximum absolute atomic E-state index is 11.7. The Morgan fingerprint density at radius 3 is 2.62 bits per heavy atom. The van der Waals surface area contributed by atoms with Gasteiger partial charge in [-0.3, -0.25) is 9.36 Å². The van der Waals surface area contributed by atoms with Crippen molar-refractivity contribution in [1.82, 2.24) is 19.5 Å². The molecule has 2 aromatic heterocycles. The summed E-state index contributed by atoms with van der Waals surface area (Å²) in [7, 11) is 0. The third-order valence-electron chi connectivity index (χ3n) is 3.75. The summed E-state index contributed by atoms with van der Waals surface area (Å²) < 4.78 is 1.68. The zero-order chi connectivity index (χ0) is 14.7. The number of piperidine rings is 1. The summed E-state index contributed by atoms with van der Waals surface area (Å²) in [6, 6.07) is 1.50. The highest BCUT2D eigenvalue weighted by Gasteiger charge is 2.21. The average molecular weight is 306 g/mol. The summed E-state index contributed by atoms with van der Waals surface area (Å²) >= 11 is 5.80. The van der Waals surface area contributed by atoms with E-state index < -0.39 is 0 Å². The van der Waals surface area contributed by atoms with Gasteiger partial charge in [0.1, 0.15) is 0 Å². The molecule has 0 unspecified atom stereocenters. The predicted molar refractivity (Wildman–Crippen MR) is 80.5 cm³/mol. The molecule has 0 N–H and O–H groups in total. The van der Waals surface area contributed by atoms with E-state index in [1.165, 1.54) is 12.3 Å². The molecule has 0 spiro atoms. The van der Waals surface area contributed by atoms with Crippen LogP contribution in [0, 0.1) is 5.92 Å². The van der Waals surface area contributed by atoms with Crippen molar-refractivity contribution in [2.24, 2.45) is 5.92 Å². The molecule has 0 aromatic carbocycles. The van der Waals surface area contributed by atoms with Gasteiger partial charge in [-0.2, -0.15) is 0 Å². The molecule has 0 bridgehead atoms. The minimum atomic E-state index is 0.00784. The summed E-state index contributed by atoms with van der Waals surface area (Å²) in [6.07, 6.45) is 8.38. The van der Waals surface area contributed by atoms with Crippen LogP contribution < -0.4 is 10.5 Å². The second kappa shape index (κ2) is 6.22. The van der Waals surface area contributed by atoms with Gasteiger partial charge in [0.2, 0.25) is 5.95 Å². The minimum absolute atomic E-state index is 0.00784. The van der Waals surface area contributed by atoms with E-state index in [1.807, 2.05) is 0 Å². The first kappa shape index (κ1) is 14.0. The maximum atomic E-state index is 11.7. The van der Waals surface area contributed by atoms with Gasteiger partial charge in [-0.15, -0.1) is 0 Å². The zero-order valence-corrected chi connectivity index (χ0v) is 12.3. The van der Waals surface area contributed by atoms with Crippen molar-refractivity contribution in [3.8, 4) is 0 Å². The smallest absolute Gasteiger partial charge is 0.253 e. The SMILES string of the molecule is O=c1ccncn1CC1CCN(c2ncc(Cl)cn2)CC1. The number of hydrogen-bond donors (Lipinski definition) is 0. The number of aromatic nitrogens is 4. The van der Waals surface area contributed by atoms with Crippen LogP contribution in [-0.2, 0) is 6.54 Å². The van der Waals surface area contributed by atoms with Crippen molar-refractivity contribution in [3.05, 3.63) is 46.4 Å². The Kier molecular flexibility index (Phi) is 4.15. The Hall–Kier alpha value is -1.95. The van der Waals surface area contributed by atoms with Crippen LogP contribution in [0.5, 0.6) is 0 Å². The number of halogens is 1. The van der Waals surface area contributed by atoms with Gasteiger partial charge in [-0.25, -0.2) is 15.0 Å². The van der Waals surface area contributed by atoms with E-state index >= 15 is 0 Å². The van der Waals surface area contributed by atoms with Gasteiger partial charge >= 0.3 is 0 Å². The van der Waals surface area contributed by atoms with E-state index in [1.54, 1.807) is 23.3 Å². The zero-order valence-electron chi connectivity index (χ0n) is 11.5. The molecule has 1 aliphatic heterocycles. The summed E-state index contributed by atoms with van der Waals surface area (Å²) in [5, 5.41) is 0.546. The van der Waals surface area contributed by atoms with Crippen molar-refractivity contribution in [3.63, 3.8) is 0 Å². The standard InChI is InChI=1S/C14H16ClN5O/c15-12-7-17-14(18-8-12)19-5-2-11(3-6-19)9-20-10-16-4-1-13(20)21/h1,4,7-8,10-11H,2-3,5-6,9H2. The third-order valence-corrected chi connectivity index (χ3v) is 3.95. The Morgan fingerprint density at radius 2 is 1.95 bits per heavy atom. The fraction of sp³-hybridized carbons (Fsp3) is 0.429. The third kappa shape index (κ3) is 3.39. The van der Waals surface area contributed by atoms with Crippen molar-refractivity contribution in [2.45, 2.75) is 19.4 Å². The van der Waals surface area contributed by atoms with Crippen LogP contribution in [0.2, 0.25) is 5.02 Å². The van der Waals surface area contributed by atoms with E-state index in [0.717, 1.165) is 38.4 Å². The first-order valence-corrected chi connectivity index (χ1v) is 7.33. The van der Waals surface area contributed by atoms with Gasteiger partial charge in [0.25, 0.3) is 5.56 Å². The molecule has 2 aromatic rings. The van der Waals surface area contributed by atoms with Crippen molar-refractivity contribution < 1.29 is 0 Å². The Labute approximate surface area is 127 Å². The van der Waals surface area contributed by atoms with Crippen LogP contribution >= 0.6 is 11.6 Å². The minimum Gasteiger partial charge on any atom is -0.341 e. The molecule has 7 heteroatoms. The molecule has 1 fully saturated rings. The quantitative estimate of drug-likeness (QED) is 0.862. The van der Waals surface area contributed by atoms with Crippen molar-refractivity contribution in [1.29, 1.82) is 0 Å². The number of nitrogens with zero attached hydrogens (tertiary/aromatic N) is 5. The lowest BCUT2D eigenvalue weighted by molar-refractivity contribution is 0.349. The lowest BCUT2D eigenvalue weighted by Gasteiger charge is -2.32. The summed E-state index contributed by atoms with van der Waals surface area (Å²) in [6.45, 7) is 2.50. The lowest BCUT2D eigenvalue weighted by Crippen LogP contribution is -2.37. The molecule has 3 rings (SSSR count). The molecule has 3 heterocycles. The highest BCUT2D eigenvalue weighted by molar-refractivity contribution is 6.30. The Bertz CT molecular complexity index is 649. The van der Waals surface area contributed by atoms with Crippen molar-refractivity contribution >= 4 is 17.5 Å². The maximum Gasteiger partial charge on any atom is 0.253 e. The van der Waals surface area contributed by atoms with Crippen LogP contribution in [0.3, 0.4) is 0 Å². The normalized spacial score (nSPS) is 16.1. The Balaban J connectivity index is 1.59. The first-order valence-electron chi connectivity index (χ1n) is 6.95. The van der Waals surface area contributed by atoms with Crippen molar-refractivity contribution in [2.75, 3.05) is 18.0 Å². The van der Waals surface area contributed by atoms with Gasteiger partial charge in [0.05, 0.1) is 23.7 Å². The second-order valence-electron chi connectivity index (χ2n) is 5.20. The van der Waals surface area contributed by atoms with E-state index in [0.29, 0.717) is 10.9 Å². The van der Waals surface area contributed by atoms with Gasteiger partial charge in [-0.1, -0.05) is 11.6 Å². The molecule has 0 amide bonds. The van der Waals surface area contributed by atoms with E-state index in [2.05, 4.69) is 19.9 Å². The van der Waals surface area contributed by atoms with E-state index in [4.69, 9.17) is 11.6 Å². The van der Waals surface area contributed by atoms with Gasteiger partial charge in [-0.05, 0) is 18.8 Å². The van der Waals surface area contributed by atoms with Crippen LogP contribution in [0.15, 0.2) is 35.8 Å². The number of anilines is 1. The fourth-order valence-electron chi connectivity index (χ4n) is 2.58.